The Kier molecular flexibility index (Phi) is 3.39. The third-order valence-corrected chi connectivity index (χ3v) is 1.65. The molecule has 0 aliphatic carbocycles. The molecule has 0 unspecified atom stereocenters. The van der Waals surface area contributed by atoms with Crippen molar-refractivity contribution in [1.82, 2.24) is 15.3 Å². The van der Waals surface area contributed by atoms with E-state index in [1.807, 2.05) is 0 Å². The number of hydrogen-bond donors (Lipinski definition) is 2. The van der Waals surface area contributed by atoms with Gasteiger partial charge in [0.15, 0.2) is 0 Å². The third kappa shape index (κ3) is 3.38. The second-order valence-electron chi connectivity index (χ2n) is 3.07. The van der Waals surface area contributed by atoms with Crippen LogP contribution < -0.4 is 10.9 Å². The van der Waals surface area contributed by atoms with Gasteiger partial charge in [0.1, 0.15) is 5.82 Å². The SMILES string of the molecule is CC(=O)NCCc1nc(C)cc(=O)[nH]1. The van der Waals surface area contributed by atoms with Crippen molar-refractivity contribution in [2.24, 2.45) is 0 Å². The van der Waals surface area contributed by atoms with E-state index in [9.17, 15) is 9.59 Å². The van der Waals surface area contributed by atoms with Crippen molar-refractivity contribution in [2.45, 2.75) is 20.3 Å². The molecule has 0 atom stereocenters. The minimum atomic E-state index is -0.157. The molecule has 0 bridgehead atoms. The molecular weight excluding hydrogens is 182 g/mol. The number of nitrogens with zero attached hydrogens (tertiary/aromatic N) is 1. The second kappa shape index (κ2) is 4.55. The Morgan fingerprint density at radius 1 is 1.64 bits per heavy atom. The number of aryl methyl sites for hydroxylation is 1. The highest BCUT2D eigenvalue weighted by Crippen LogP contribution is 1.89. The smallest absolute Gasteiger partial charge is 0.251 e. The molecule has 0 aliphatic rings. The summed E-state index contributed by atoms with van der Waals surface area (Å²) in [5.41, 5.74) is 0.530. The van der Waals surface area contributed by atoms with Crippen LogP contribution in [0.2, 0.25) is 0 Å². The average molecular weight is 195 g/mol. The number of rotatable bonds is 3. The van der Waals surface area contributed by atoms with Gasteiger partial charge in [-0.15, -0.1) is 0 Å². The highest BCUT2D eigenvalue weighted by Gasteiger charge is 1.98. The maximum absolute atomic E-state index is 11.0. The molecule has 1 heterocycles. The summed E-state index contributed by atoms with van der Waals surface area (Å²) in [6.45, 7) is 3.70. The normalized spacial score (nSPS) is 9.86. The molecule has 1 aromatic rings. The topological polar surface area (TPSA) is 74.8 Å². The van der Waals surface area contributed by atoms with E-state index in [1.54, 1.807) is 6.92 Å². The molecule has 1 rings (SSSR count). The van der Waals surface area contributed by atoms with Gasteiger partial charge < -0.3 is 10.3 Å². The van der Waals surface area contributed by atoms with Gasteiger partial charge in [-0.1, -0.05) is 0 Å². The van der Waals surface area contributed by atoms with Crippen LogP contribution in [0.5, 0.6) is 0 Å². The molecule has 0 aromatic carbocycles. The molecule has 5 nitrogen and oxygen atoms in total. The lowest BCUT2D eigenvalue weighted by atomic mass is 10.3. The maximum atomic E-state index is 11.0. The Hall–Kier alpha value is -1.65. The number of carbonyl (C=O) groups excluding carboxylic acids is 1. The molecule has 14 heavy (non-hydrogen) atoms. The quantitative estimate of drug-likeness (QED) is 0.698. The maximum Gasteiger partial charge on any atom is 0.251 e. The van der Waals surface area contributed by atoms with Gasteiger partial charge in [0.05, 0.1) is 0 Å². The third-order valence-electron chi connectivity index (χ3n) is 1.65. The molecule has 76 valence electrons. The highest BCUT2D eigenvalue weighted by atomic mass is 16.1. The van der Waals surface area contributed by atoms with Gasteiger partial charge in [0.25, 0.3) is 5.56 Å². The fraction of sp³-hybridized carbons (Fsp3) is 0.444. The van der Waals surface area contributed by atoms with Crippen LogP contribution in [0.25, 0.3) is 0 Å². The zero-order valence-electron chi connectivity index (χ0n) is 8.26. The molecule has 0 saturated carbocycles. The van der Waals surface area contributed by atoms with Crippen LogP contribution >= 0.6 is 0 Å². The average Bonchev–Trinajstić information content (AvgIpc) is 2.01. The minimum Gasteiger partial charge on any atom is -0.356 e. The summed E-state index contributed by atoms with van der Waals surface area (Å²) in [6, 6.07) is 1.43. The standard InChI is InChI=1S/C9H13N3O2/c1-6-5-9(14)12-8(11-6)3-4-10-7(2)13/h5H,3-4H2,1-2H3,(H,10,13)(H,11,12,14). The summed E-state index contributed by atoms with van der Waals surface area (Å²) >= 11 is 0. The van der Waals surface area contributed by atoms with Gasteiger partial charge in [-0.25, -0.2) is 4.98 Å². The molecule has 1 aromatic heterocycles. The van der Waals surface area contributed by atoms with Gasteiger partial charge in [-0.2, -0.15) is 0 Å². The number of amides is 1. The summed E-state index contributed by atoms with van der Waals surface area (Å²) in [5, 5.41) is 2.63. The molecule has 0 fully saturated rings. The molecule has 5 heteroatoms. The van der Waals surface area contributed by atoms with Crippen molar-refractivity contribution in [3.63, 3.8) is 0 Å². The molecule has 0 saturated heterocycles. The lowest BCUT2D eigenvalue weighted by molar-refractivity contribution is -0.118. The van der Waals surface area contributed by atoms with E-state index in [2.05, 4.69) is 15.3 Å². The Morgan fingerprint density at radius 3 is 2.93 bits per heavy atom. The van der Waals surface area contributed by atoms with E-state index in [1.165, 1.54) is 13.0 Å². The van der Waals surface area contributed by atoms with Crippen LogP contribution in [0.1, 0.15) is 18.4 Å². The molecular formula is C9H13N3O2. The summed E-state index contributed by atoms with van der Waals surface area (Å²) in [6.07, 6.45) is 0.538. The predicted octanol–water partition coefficient (Wildman–Crippen LogP) is -0.243. The predicted molar refractivity (Wildman–Crippen MR) is 52.0 cm³/mol. The lowest BCUT2D eigenvalue weighted by Crippen LogP contribution is -2.24. The zero-order chi connectivity index (χ0) is 10.6. The fourth-order valence-corrected chi connectivity index (χ4v) is 1.12. The van der Waals surface area contributed by atoms with Crippen molar-refractivity contribution in [3.8, 4) is 0 Å². The molecule has 0 radical (unpaired) electrons. The van der Waals surface area contributed by atoms with Gasteiger partial charge in [-0.05, 0) is 6.92 Å². The van der Waals surface area contributed by atoms with E-state index in [0.717, 1.165) is 0 Å². The number of aromatic amines is 1. The van der Waals surface area contributed by atoms with E-state index in [0.29, 0.717) is 24.5 Å². The first-order chi connectivity index (χ1) is 6.58. The Balaban J connectivity index is 2.59. The van der Waals surface area contributed by atoms with Crippen LogP contribution in [0.4, 0.5) is 0 Å². The first-order valence-electron chi connectivity index (χ1n) is 4.39. The number of hydrogen-bond acceptors (Lipinski definition) is 3. The van der Waals surface area contributed by atoms with E-state index < -0.39 is 0 Å². The van der Waals surface area contributed by atoms with Crippen LogP contribution in [0, 0.1) is 6.92 Å². The summed E-state index contributed by atoms with van der Waals surface area (Å²) in [4.78, 5) is 28.3. The van der Waals surface area contributed by atoms with Crippen molar-refractivity contribution in [1.29, 1.82) is 0 Å². The van der Waals surface area contributed by atoms with Crippen molar-refractivity contribution < 1.29 is 4.79 Å². The zero-order valence-corrected chi connectivity index (χ0v) is 8.26. The number of nitrogens with one attached hydrogen (secondary N) is 2. The summed E-state index contributed by atoms with van der Waals surface area (Å²) in [7, 11) is 0. The van der Waals surface area contributed by atoms with Crippen molar-refractivity contribution in [3.05, 3.63) is 27.9 Å². The minimum absolute atomic E-state index is 0.0833. The molecule has 1 amide bonds. The van der Waals surface area contributed by atoms with Gasteiger partial charge in [0.2, 0.25) is 5.91 Å². The highest BCUT2D eigenvalue weighted by molar-refractivity contribution is 5.72. The van der Waals surface area contributed by atoms with E-state index in [4.69, 9.17) is 0 Å². The van der Waals surface area contributed by atoms with Gasteiger partial charge in [0, 0.05) is 31.6 Å². The number of H-pyrrole nitrogens is 1. The van der Waals surface area contributed by atoms with Gasteiger partial charge >= 0.3 is 0 Å². The van der Waals surface area contributed by atoms with E-state index in [-0.39, 0.29) is 11.5 Å². The molecule has 0 aliphatic heterocycles. The van der Waals surface area contributed by atoms with E-state index >= 15 is 0 Å². The Morgan fingerprint density at radius 2 is 2.36 bits per heavy atom. The van der Waals surface area contributed by atoms with Crippen molar-refractivity contribution >= 4 is 5.91 Å². The number of carbonyl (C=O) groups is 1. The monoisotopic (exact) mass is 195 g/mol. The lowest BCUT2D eigenvalue weighted by Gasteiger charge is -2.02. The fourth-order valence-electron chi connectivity index (χ4n) is 1.12. The number of aromatic nitrogens is 2. The van der Waals surface area contributed by atoms with Crippen LogP contribution in [0.15, 0.2) is 10.9 Å². The van der Waals surface area contributed by atoms with Crippen molar-refractivity contribution in [2.75, 3.05) is 6.54 Å². The first-order valence-corrected chi connectivity index (χ1v) is 4.39. The van der Waals surface area contributed by atoms with Crippen LogP contribution in [-0.4, -0.2) is 22.4 Å². The van der Waals surface area contributed by atoms with Gasteiger partial charge in [-0.3, -0.25) is 9.59 Å². The Bertz CT molecular complexity index is 384. The first kappa shape index (κ1) is 10.4. The second-order valence-corrected chi connectivity index (χ2v) is 3.07. The molecule has 0 spiro atoms. The largest absolute Gasteiger partial charge is 0.356 e. The summed E-state index contributed by atoms with van der Waals surface area (Å²) < 4.78 is 0. The Labute approximate surface area is 81.6 Å². The van der Waals surface area contributed by atoms with Crippen LogP contribution in [-0.2, 0) is 11.2 Å². The molecule has 2 N–H and O–H groups in total. The summed E-state index contributed by atoms with van der Waals surface area (Å²) in [5.74, 6) is 0.517. The van der Waals surface area contributed by atoms with Crippen LogP contribution in [0.3, 0.4) is 0 Å².